The van der Waals surface area contributed by atoms with E-state index in [0.29, 0.717) is 6.04 Å². The van der Waals surface area contributed by atoms with Gasteiger partial charge in [0.25, 0.3) is 0 Å². The zero-order valence-electron chi connectivity index (χ0n) is 13.6. The summed E-state index contributed by atoms with van der Waals surface area (Å²) in [5.74, 6) is 0.759. The van der Waals surface area contributed by atoms with Gasteiger partial charge in [-0.1, -0.05) is 49.6 Å². The molecule has 20 heavy (non-hydrogen) atoms. The maximum atomic E-state index is 3.73. The van der Waals surface area contributed by atoms with Crippen molar-refractivity contribution in [2.45, 2.75) is 53.1 Å². The predicted octanol–water partition coefficient (Wildman–Crippen LogP) is 3.51. The first-order valence-corrected chi connectivity index (χ1v) is 8.11. The topological polar surface area (TPSA) is 15.3 Å². The fourth-order valence-corrected chi connectivity index (χ4v) is 3.25. The van der Waals surface area contributed by atoms with Crippen LogP contribution >= 0.6 is 0 Å². The van der Waals surface area contributed by atoms with E-state index in [2.05, 4.69) is 56.1 Å². The van der Waals surface area contributed by atoms with Crippen molar-refractivity contribution in [3.63, 3.8) is 0 Å². The monoisotopic (exact) mass is 274 g/mol. The molecular weight excluding hydrogens is 244 g/mol. The number of nitrogens with one attached hydrogen (secondary N) is 1. The van der Waals surface area contributed by atoms with Crippen LogP contribution in [0.15, 0.2) is 18.2 Å². The molecule has 2 heteroatoms. The molecule has 2 unspecified atom stereocenters. The molecule has 0 spiro atoms. The van der Waals surface area contributed by atoms with E-state index < -0.39 is 0 Å². The Kier molecular flexibility index (Phi) is 5.62. The van der Waals surface area contributed by atoms with E-state index in [1.807, 2.05) is 0 Å². The lowest BCUT2D eigenvalue weighted by Gasteiger charge is -2.28. The molecule has 0 saturated carbocycles. The lowest BCUT2D eigenvalue weighted by Crippen LogP contribution is -2.41. The number of aryl methyl sites for hydroxylation is 2. The molecule has 1 N–H and O–H groups in total. The van der Waals surface area contributed by atoms with E-state index in [-0.39, 0.29) is 0 Å². The highest BCUT2D eigenvalue weighted by atomic mass is 15.2. The third-order valence-corrected chi connectivity index (χ3v) is 4.53. The Balaban J connectivity index is 2.03. The van der Waals surface area contributed by atoms with Gasteiger partial charge in [-0.15, -0.1) is 0 Å². The minimum absolute atomic E-state index is 0.647. The molecule has 0 aromatic heterocycles. The average Bonchev–Trinajstić information content (AvgIpc) is 2.62. The number of benzene rings is 1. The number of hydrogen-bond donors (Lipinski definition) is 1. The molecule has 1 fully saturated rings. The number of nitrogens with zero attached hydrogens (tertiary/aromatic N) is 1. The van der Waals surface area contributed by atoms with E-state index in [1.165, 1.54) is 49.2 Å². The molecule has 1 aliphatic rings. The molecule has 1 heterocycles. The Morgan fingerprint density at radius 3 is 2.60 bits per heavy atom. The smallest absolute Gasteiger partial charge is 0.0234 e. The Labute approximate surface area is 124 Å². The van der Waals surface area contributed by atoms with Crippen molar-refractivity contribution >= 4 is 0 Å². The van der Waals surface area contributed by atoms with E-state index in [0.717, 1.165) is 12.5 Å². The highest BCUT2D eigenvalue weighted by molar-refractivity contribution is 5.28. The van der Waals surface area contributed by atoms with Crippen LogP contribution in [0.5, 0.6) is 0 Å². The van der Waals surface area contributed by atoms with Gasteiger partial charge in [0.05, 0.1) is 0 Å². The molecule has 0 bridgehead atoms. The lowest BCUT2D eigenvalue weighted by molar-refractivity contribution is 0.231. The van der Waals surface area contributed by atoms with Crippen molar-refractivity contribution in [2.75, 3.05) is 19.6 Å². The van der Waals surface area contributed by atoms with Crippen LogP contribution in [0.4, 0.5) is 0 Å². The lowest BCUT2D eigenvalue weighted by atomic mass is 9.98. The third-order valence-electron chi connectivity index (χ3n) is 4.53. The zero-order chi connectivity index (χ0) is 14.5. The van der Waals surface area contributed by atoms with Crippen LogP contribution in [0.3, 0.4) is 0 Å². The summed E-state index contributed by atoms with van der Waals surface area (Å²) >= 11 is 0. The number of hydrogen-bond acceptors (Lipinski definition) is 2. The number of rotatable bonds is 4. The summed E-state index contributed by atoms with van der Waals surface area (Å²) in [6, 6.07) is 7.58. The van der Waals surface area contributed by atoms with Crippen molar-refractivity contribution in [1.29, 1.82) is 0 Å². The minimum Gasteiger partial charge on any atom is -0.312 e. The summed E-state index contributed by atoms with van der Waals surface area (Å²) in [5.41, 5.74) is 4.23. The van der Waals surface area contributed by atoms with Gasteiger partial charge in [-0.3, -0.25) is 4.90 Å². The quantitative estimate of drug-likeness (QED) is 0.904. The molecule has 1 aromatic carbocycles. The van der Waals surface area contributed by atoms with Crippen LogP contribution < -0.4 is 5.32 Å². The van der Waals surface area contributed by atoms with Crippen molar-refractivity contribution < 1.29 is 0 Å². The molecule has 2 rings (SSSR count). The maximum absolute atomic E-state index is 3.73. The van der Waals surface area contributed by atoms with Crippen LogP contribution in [-0.2, 0) is 6.54 Å². The molecule has 1 aromatic rings. The molecule has 0 amide bonds. The van der Waals surface area contributed by atoms with Crippen LogP contribution in [0.1, 0.15) is 43.4 Å². The fourth-order valence-electron chi connectivity index (χ4n) is 3.25. The summed E-state index contributed by atoms with van der Waals surface area (Å²) in [7, 11) is 0. The average molecular weight is 274 g/mol. The van der Waals surface area contributed by atoms with E-state index >= 15 is 0 Å². The maximum Gasteiger partial charge on any atom is 0.0234 e. The van der Waals surface area contributed by atoms with Gasteiger partial charge in [-0.25, -0.2) is 0 Å². The zero-order valence-corrected chi connectivity index (χ0v) is 13.6. The van der Waals surface area contributed by atoms with E-state index in [1.54, 1.807) is 0 Å². The molecule has 112 valence electrons. The van der Waals surface area contributed by atoms with Crippen molar-refractivity contribution in [1.82, 2.24) is 10.2 Å². The summed E-state index contributed by atoms with van der Waals surface area (Å²) in [5, 5.41) is 3.73. The van der Waals surface area contributed by atoms with Crippen LogP contribution in [-0.4, -0.2) is 30.6 Å². The Bertz CT molecular complexity index is 407. The van der Waals surface area contributed by atoms with Gasteiger partial charge in [0.15, 0.2) is 0 Å². The second kappa shape index (κ2) is 7.24. The summed E-state index contributed by atoms with van der Waals surface area (Å²) < 4.78 is 0. The van der Waals surface area contributed by atoms with Crippen LogP contribution in [0, 0.1) is 19.8 Å². The second-order valence-corrected chi connectivity index (χ2v) is 6.53. The van der Waals surface area contributed by atoms with Crippen LogP contribution in [0.2, 0.25) is 0 Å². The minimum atomic E-state index is 0.647. The molecule has 0 aliphatic carbocycles. The second-order valence-electron chi connectivity index (χ2n) is 6.53. The van der Waals surface area contributed by atoms with Gasteiger partial charge in [0, 0.05) is 19.1 Å². The summed E-state index contributed by atoms with van der Waals surface area (Å²) in [6.45, 7) is 13.7. The summed E-state index contributed by atoms with van der Waals surface area (Å²) in [4.78, 5) is 2.63. The van der Waals surface area contributed by atoms with Gasteiger partial charge in [-0.2, -0.15) is 0 Å². The van der Waals surface area contributed by atoms with Crippen molar-refractivity contribution in [2.24, 2.45) is 5.92 Å². The highest BCUT2D eigenvalue weighted by Gasteiger charge is 2.21. The molecule has 1 aliphatic heterocycles. The SMILES string of the molecule is CCC(C)C1CN(Cc2cc(C)cc(C)c2)CCCN1. The van der Waals surface area contributed by atoms with Crippen molar-refractivity contribution in [3.8, 4) is 0 Å². The highest BCUT2D eigenvalue weighted by Crippen LogP contribution is 2.16. The van der Waals surface area contributed by atoms with Gasteiger partial charge >= 0.3 is 0 Å². The van der Waals surface area contributed by atoms with E-state index in [9.17, 15) is 0 Å². The molecule has 1 saturated heterocycles. The first kappa shape index (κ1) is 15.5. The Hall–Kier alpha value is -0.860. The molecule has 2 nitrogen and oxygen atoms in total. The Morgan fingerprint density at radius 1 is 1.25 bits per heavy atom. The molecule has 2 atom stereocenters. The van der Waals surface area contributed by atoms with Gasteiger partial charge < -0.3 is 5.32 Å². The third kappa shape index (κ3) is 4.32. The summed E-state index contributed by atoms with van der Waals surface area (Å²) in [6.07, 6.45) is 2.52. The normalized spacial score (nSPS) is 22.5. The Morgan fingerprint density at radius 2 is 1.95 bits per heavy atom. The fraction of sp³-hybridized carbons (Fsp3) is 0.667. The predicted molar refractivity (Wildman–Crippen MR) is 87.1 cm³/mol. The first-order chi connectivity index (χ1) is 9.58. The van der Waals surface area contributed by atoms with Gasteiger partial charge in [-0.05, 0) is 44.8 Å². The first-order valence-electron chi connectivity index (χ1n) is 8.11. The molecule has 0 radical (unpaired) electrons. The molecular formula is C18H30N2. The standard InChI is InChI=1S/C18H30N2/c1-5-16(4)18-13-20(8-6-7-19-18)12-17-10-14(2)9-15(3)11-17/h9-11,16,18-19H,5-8,12-13H2,1-4H3. The largest absolute Gasteiger partial charge is 0.312 e. The van der Waals surface area contributed by atoms with E-state index in [4.69, 9.17) is 0 Å². The van der Waals surface area contributed by atoms with Gasteiger partial charge in [0.1, 0.15) is 0 Å². The van der Waals surface area contributed by atoms with Gasteiger partial charge in [0.2, 0.25) is 0 Å². The van der Waals surface area contributed by atoms with Crippen molar-refractivity contribution in [3.05, 3.63) is 34.9 Å². The van der Waals surface area contributed by atoms with Crippen LogP contribution in [0.25, 0.3) is 0 Å².